The highest BCUT2D eigenvalue weighted by molar-refractivity contribution is 5.11. The SMILES string of the molecule is CCc1cc(CC(CNC)C2CCCC2)n(C)n1. The fourth-order valence-corrected chi connectivity index (χ4v) is 3.30. The van der Waals surface area contributed by atoms with Gasteiger partial charge in [-0.2, -0.15) is 5.10 Å². The van der Waals surface area contributed by atoms with Crippen LogP contribution in [0.4, 0.5) is 0 Å². The van der Waals surface area contributed by atoms with Crippen LogP contribution >= 0.6 is 0 Å². The number of nitrogens with one attached hydrogen (secondary N) is 1. The van der Waals surface area contributed by atoms with E-state index in [1.807, 2.05) is 0 Å². The van der Waals surface area contributed by atoms with E-state index in [9.17, 15) is 0 Å². The highest BCUT2D eigenvalue weighted by atomic mass is 15.3. The van der Waals surface area contributed by atoms with Gasteiger partial charge >= 0.3 is 0 Å². The fourth-order valence-electron chi connectivity index (χ4n) is 3.30. The molecular weight excluding hydrogens is 222 g/mol. The highest BCUT2D eigenvalue weighted by Crippen LogP contribution is 2.33. The van der Waals surface area contributed by atoms with Crippen molar-refractivity contribution in [1.82, 2.24) is 15.1 Å². The average Bonchev–Trinajstić information content (AvgIpc) is 2.99. The van der Waals surface area contributed by atoms with Gasteiger partial charge in [0, 0.05) is 12.7 Å². The Kier molecular flexibility index (Phi) is 4.81. The summed E-state index contributed by atoms with van der Waals surface area (Å²) in [6.07, 6.45) is 7.91. The molecule has 102 valence electrons. The molecule has 0 aliphatic heterocycles. The number of nitrogens with zero attached hydrogens (tertiary/aromatic N) is 2. The molecule has 0 radical (unpaired) electrons. The van der Waals surface area contributed by atoms with Crippen LogP contribution in [0, 0.1) is 11.8 Å². The van der Waals surface area contributed by atoms with Crippen molar-refractivity contribution in [1.29, 1.82) is 0 Å². The summed E-state index contributed by atoms with van der Waals surface area (Å²) in [4.78, 5) is 0. The van der Waals surface area contributed by atoms with Gasteiger partial charge in [0.05, 0.1) is 5.69 Å². The van der Waals surface area contributed by atoms with E-state index in [-0.39, 0.29) is 0 Å². The molecule has 1 saturated carbocycles. The number of rotatable bonds is 6. The van der Waals surface area contributed by atoms with Crippen LogP contribution in [0.25, 0.3) is 0 Å². The summed E-state index contributed by atoms with van der Waals surface area (Å²) >= 11 is 0. The molecule has 1 aromatic rings. The molecule has 1 aromatic heterocycles. The van der Waals surface area contributed by atoms with Crippen LogP contribution in [0.2, 0.25) is 0 Å². The number of hydrogen-bond donors (Lipinski definition) is 1. The zero-order valence-electron chi connectivity index (χ0n) is 12.1. The van der Waals surface area contributed by atoms with Gasteiger partial charge in [0.25, 0.3) is 0 Å². The summed E-state index contributed by atoms with van der Waals surface area (Å²) in [5.41, 5.74) is 2.63. The molecule has 1 aliphatic carbocycles. The molecule has 18 heavy (non-hydrogen) atoms. The second-order valence-corrected chi connectivity index (χ2v) is 5.67. The van der Waals surface area contributed by atoms with Crippen LogP contribution in [0.15, 0.2) is 6.07 Å². The largest absolute Gasteiger partial charge is 0.319 e. The van der Waals surface area contributed by atoms with Gasteiger partial charge in [-0.3, -0.25) is 4.68 Å². The Morgan fingerprint density at radius 3 is 2.72 bits per heavy atom. The summed E-state index contributed by atoms with van der Waals surface area (Å²) in [5.74, 6) is 1.69. The second kappa shape index (κ2) is 6.37. The lowest BCUT2D eigenvalue weighted by Crippen LogP contribution is -2.27. The van der Waals surface area contributed by atoms with E-state index in [0.717, 1.165) is 24.8 Å². The molecule has 1 fully saturated rings. The third kappa shape index (κ3) is 3.14. The third-order valence-electron chi connectivity index (χ3n) is 4.39. The lowest BCUT2D eigenvalue weighted by Gasteiger charge is -2.23. The van der Waals surface area contributed by atoms with Crippen LogP contribution in [-0.2, 0) is 19.9 Å². The Morgan fingerprint density at radius 2 is 2.17 bits per heavy atom. The number of aromatic nitrogens is 2. The maximum atomic E-state index is 4.57. The first-order chi connectivity index (χ1) is 8.74. The van der Waals surface area contributed by atoms with E-state index in [2.05, 4.69) is 42.2 Å². The van der Waals surface area contributed by atoms with Crippen molar-refractivity contribution in [3.63, 3.8) is 0 Å². The van der Waals surface area contributed by atoms with E-state index in [4.69, 9.17) is 0 Å². The highest BCUT2D eigenvalue weighted by Gasteiger charge is 2.25. The van der Waals surface area contributed by atoms with Gasteiger partial charge in [0.1, 0.15) is 0 Å². The molecule has 0 aromatic carbocycles. The van der Waals surface area contributed by atoms with Crippen LogP contribution in [0.5, 0.6) is 0 Å². The maximum Gasteiger partial charge on any atom is 0.0624 e. The molecule has 1 heterocycles. The molecule has 0 saturated heterocycles. The minimum absolute atomic E-state index is 0.776. The minimum Gasteiger partial charge on any atom is -0.319 e. The Labute approximate surface area is 111 Å². The molecule has 1 atom stereocenters. The quantitative estimate of drug-likeness (QED) is 0.839. The zero-order valence-corrected chi connectivity index (χ0v) is 12.1. The van der Waals surface area contributed by atoms with Crippen LogP contribution in [0.3, 0.4) is 0 Å². The van der Waals surface area contributed by atoms with Gasteiger partial charge < -0.3 is 5.32 Å². The normalized spacial score (nSPS) is 18.4. The van der Waals surface area contributed by atoms with Crippen molar-refractivity contribution in [3.8, 4) is 0 Å². The first-order valence-corrected chi connectivity index (χ1v) is 7.41. The Morgan fingerprint density at radius 1 is 1.44 bits per heavy atom. The first kappa shape index (κ1) is 13.6. The predicted molar refractivity (Wildman–Crippen MR) is 75.7 cm³/mol. The van der Waals surface area contributed by atoms with Crippen molar-refractivity contribution < 1.29 is 0 Å². The summed E-state index contributed by atoms with van der Waals surface area (Å²) in [6.45, 7) is 3.31. The molecule has 1 N–H and O–H groups in total. The number of aryl methyl sites for hydroxylation is 2. The van der Waals surface area contributed by atoms with Crippen molar-refractivity contribution in [2.75, 3.05) is 13.6 Å². The van der Waals surface area contributed by atoms with Crippen molar-refractivity contribution in [3.05, 3.63) is 17.5 Å². The van der Waals surface area contributed by atoms with Crippen molar-refractivity contribution >= 4 is 0 Å². The first-order valence-electron chi connectivity index (χ1n) is 7.41. The van der Waals surface area contributed by atoms with E-state index in [0.29, 0.717) is 0 Å². The van der Waals surface area contributed by atoms with Crippen LogP contribution in [-0.4, -0.2) is 23.4 Å². The van der Waals surface area contributed by atoms with Crippen LogP contribution in [0.1, 0.15) is 44.0 Å². The van der Waals surface area contributed by atoms with Gasteiger partial charge in [0.15, 0.2) is 0 Å². The second-order valence-electron chi connectivity index (χ2n) is 5.67. The lowest BCUT2D eigenvalue weighted by molar-refractivity contribution is 0.322. The van der Waals surface area contributed by atoms with E-state index in [1.54, 1.807) is 0 Å². The predicted octanol–water partition coefficient (Wildman–Crippen LogP) is 2.55. The minimum atomic E-state index is 0.776. The zero-order chi connectivity index (χ0) is 13.0. The molecule has 3 nitrogen and oxygen atoms in total. The molecular formula is C15H27N3. The summed E-state index contributed by atoms with van der Waals surface area (Å²) < 4.78 is 2.08. The van der Waals surface area contributed by atoms with Gasteiger partial charge in [-0.1, -0.05) is 32.6 Å². The molecule has 3 heteroatoms. The summed E-state index contributed by atoms with van der Waals surface area (Å²) in [6, 6.07) is 2.29. The molecule has 0 amide bonds. The Bertz CT molecular complexity index is 364. The molecule has 1 unspecified atom stereocenters. The van der Waals surface area contributed by atoms with Gasteiger partial charge in [-0.05, 0) is 44.3 Å². The molecule has 1 aliphatic rings. The van der Waals surface area contributed by atoms with Gasteiger partial charge in [-0.25, -0.2) is 0 Å². The van der Waals surface area contributed by atoms with Crippen molar-refractivity contribution in [2.24, 2.45) is 18.9 Å². The van der Waals surface area contributed by atoms with Crippen molar-refractivity contribution in [2.45, 2.75) is 45.4 Å². The Balaban J connectivity index is 2.04. The molecule has 0 bridgehead atoms. The van der Waals surface area contributed by atoms with Crippen LogP contribution < -0.4 is 5.32 Å². The van der Waals surface area contributed by atoms with Gasteiger partial charge in [0.2, 0.25) is 0 Å². The summed E-state index contributed by atoms with van der Waals surface area (Å²) in [5, 5.41) is 7.94. The topological polar surface area (TPSA) is 29.9 Å². The smallest absolute Gasteiger partial charge is 0.0624 e. The van der Waals surface area contributed by atoms with E-state index >= 15 is 0 Å². The van der Waals surface area contributed by atoms with Gasteiger partial charge in [-0.15, -0.1) is 0 Å². The maximum absolute atomic E-state index is 4.57. The fraction of sp³-hybridized carbons (Fsp3) is 0.800. The number of hydrogen-bond acceptors (Lipinski definition) is 2. The lowest BCUT2D eigenvalue weighted by atomic mass is 9.87. The monoisotopic (exact) mass is 249 g/mol. The standard InChI is InChI=1S/C15H27N3/c1-4-14-10-15(18(3)17-14)9-13(11-16-2)12-7-5-6-8-12/h10,12-13,16H,4-9,11H2,1-3H3. The third-order valence-corrected chi connectivity index (χ3v) is 4.39. The molecule has 0 spiro atoms. The van der Waals surface area contributed by atoms with E-state index in [1.165, 1.54) is 43.5 Å². The summed E-state index contributed by atoms with van der Waals surface area (Å²) in [7, 11) is 4.16. The van der Waals surface area contributed by atoms with E-state index < -0.39 is 0 Å². The Hall–Kier alpha value is -0.830. The average molecular weight is 249 g/mol. The molecule has 2 rings (SSSR count).